The van der Waals surface area contributed by atoms with Crippen LogP contribution in [0.25, 0.3) is 0 Å². The van der Waals surface area contributed by atoms with E-state index >= 15 is 0 Å². The van der Waals surface area contributed by atoms with E-state index in [0.29, 0.717) is 36.7 Å². The Bertz CT molecular complexity index is 877. The minimum Gasteiger partial charge on any atom is -0.492 e. The number of amides is 2. The molecule has 0 bridgehead atoms. The molecule has 6 heteroatoms. The second-order valence-corrected chi connectivity index (χ2v) is 7.74. The fourth-order valence-corrected chi connectivity index (χ4v) is 3.19. The summed E-state index contributed by atoms with van der Waals surface area (Å²) in [7, 11) is 0. The fourth-order valence-electron chi connectivity index (χ4n) is 3.19. The van der Waals surface area contributed by atoms with Gasteiger partial charge in [0.2, 0.25) is 5.91 Å². The number of rotatable bonds is 7. The molecule has 0 saturated carbocycles. The molecule has 3 rings (SSSR count). The Morgan fingerprint density at radius 3 is 2.62 bits per heavy atom. The molecule has 0 fully saturated rings. The third-order valence-electron chi connectivity index (χ3n) is 4.65. The van der Waals surface area contributed by atoms with Crippen molar-refractivity contribution in [3.8, 4) is 11.5 Å². The molecule has 0 aromatic heterocycles. The number of nitrogens with one attached hydrogen (secondary N) is 1. The van der Waals surface area contributed by atoms with Crippen LogP contribution in [0.15, 0.2) is 42.5 Å². The van der Waals surface area contributed by atoms with Crippen LogP contribution in [0.2, 0.25) is 0 Å². The van der Waals surface area contributed by atoms with Gasteiger partial charge >= 0.3 is 0 Å². The van der Waals surface area contributed by atoms with E-state index in [1.807, 2.05) is 45.0 Å². The Morgan fingerprint density at radius 2 is 1.93 bits per heavy atom. The van der Waals surface area contributed by atoms with E-state index in [0.717, 1.165) is 5.75 Å². The summed E-state index contributed by atoms with van der Waals surface area (Å²) in [6.07, 6.45) is -0.140. The summed E-state index contributed by atoms with van der Waals surface area (Å²) in [5.74, 6) is 1.48. The van der Waals surface area contributed by atoms with E-state index < -0.39 is 6.10 Å². The Kier molecular flexibility index (Phi) is 6.42. The number of hydrogen-bond donors (Lipinski definition) is 1. The van der Waals surface area contributed by atoms with Crippen molar-refractivity contribution in [2.24, 2.45) is 5.92 Å². The normalized spacial score (nSPS) is 15.7. The molecule has 2 aromatic rings. The lowest BCUT2D eigenvalue weighted by molar-refractivity contribution is -0.125. The SMILES string of the molecule is Cc1ccc(OCCN2C(=O)C(C)Oc3cc(NC(=O)CC(C)C)ccc32)cc1. The largest absolute Gasteiger partial charge is 0.492 e. The van der Waals surface area contributed by atoms with Crippen molar-refractivity contribution >= 4 is 23.2 Å². The number of nitrogens with zero attached hydrogens (tertiary/aromatic N) is 1. The van der Waals surface area contributed by atoms with Crippen molar-refractivity contribution < 1.29 is 19.1 Å². The van der Waals surface area contributed by atoms with Gasteiger partial charge < -0.3 is 19.7 Å². The standard InChI is InChI=1S/C23H28N2O4/c1-15(2)13-22(26)24-18-7-10-20-21(14-18)29-17(4)23(27)25(20)11-12-28-19-8-5-16(3)6-9-19/h5-10,14-15,17H,11-13H2,1-4H3,(H,24,26). The lowest BCUT2D eigenvalue weighted by atomic mass is 10.1. The second kappa shape index (κ2) is 8.99. The van der Waals surface area contributed by atoms with Crippen molar-refractivity contribution in [2.45, 2.75) is 40.2 Å². The molecule has 0 spiro atoms. The first-order chi connectivity index (χ1) is 13.8. The van der Waals surface area contributed by atoms with Gasteiger partial charge in [0.1, 0.15) is 18.1 Å². The minimum absolute atomic E-state index is 0.0387. The summed E-state index contributed by atoms with van der Waals surface area (Å²) in [6.45, 7) is 8.52. The van der Waals surface area contributed by atoms with Crippen LogP contribution in [0, 0.1) is 12.8 Å². The molecule has 29 heavy (non-hydrogen) atoms. The Morgan fingerprint density at radius 1 is 1.21 bits per heavy atom. The molecule has 1 aliphatic heterocycles. The summed E-state index contributed by atoms with van der Waals surface area (Å²) in [4.78, 5) is 26.3. The number of hydrogen-bond acceptors (Lipinski definition) is 4. The Balaban J connectivity index is 1.69. The molecule has 1 N–H and O–H groups in total. The van der Waals surface area contributed by atoms with Crippen molar-refractivity contribution in [1.82, 2.24) is 0 Å². The average Bonchev–Trinajstić information content (AvgIpc) is 2.65. The summed E-state index contributed by atoms with van der Waals surface area (Å²) in [5.41, 5.74) is 2.51. The zero-order chi connectivity index (χ0) is 21.0. The van der Waals surface area contributed by atoms with Crippen LogP contribution >= 0.6 is 0 Å². The highest BCUT2D eigenvalue weighted by Gasteiger charge is 2.31. The Labute approximate surface area is 171 Å². The van der Waals surface area contributed by atoms with Crippen LogP contribution in [0.3, 0.4) is 0 Å². The van der Waals surface area contributed by atoms with E-state index in [-0.39, 0.29) is 17.7 Å². The van der Waals surface area contributed by atoms with E-state index in [9.17, 15) is 9.59 Å². The van der Waals surface area contributed by atoms with E-state index in [2.05, 4.69) is 5.32 Å². The number of fused-ring (bicyclic) bond motifs is 1. The topological polar surface area (TPSA) is 67.9 Å². The fraction of sp³-hybridized carbons (Fsp3) is 0.391. The van der Waals surface area contributed by atoms with Crippen molar-refractivity contribution in [2.75, 3.05) is 23.4 Å². The third-order valence-corrected chi connectivity index (χ3v) is 4.65. The molecule has 1 unspecified atom stereocenters. The van der Waals surface area contributed by atoms with Gasteiger partial charge in [-0.15, -0.1) is 0 Å². The predicted octanol–water partition coefficient (Wildman–Crippen LogP) is 4.17. The monoisotopic (exact) mass is 396 g/mol. The second-order valence-electron chi connectivity index (χ2n) is 7.74. The van der Waals surface area contributed by atoms with Crippen LogP contribution in [0.1, 0.15) is 32.8 Å². The van der Waals surface area contributed by atoms with Gasteiger partial charge in [0.15, 0.2) is 6.10 Å². The first-order valence-corrected chi connectivity index (χ1v) is 9.95. The van der Waals surface area contributed by atoms with Gasteiger partial charge in [0.05, 0.1) is 12.2 Å². The quantitative estimate of drug-likeness (QED) is 0.763. The molecule has 1 aliphatic rings. The van der Waals surface area contributed by atoms with Crippen molar-refractivity contribution in [3.05, 3.63) is 48.0 Å². The smallest absolute Gasteiger partial charge is 0.267 e. The van der Waals surface area contributed by atoms with Crippen LogP contribution in [0.4, 0.5) is 11.4 Å². The van der Waals surface area contributed by atoms with Crippen molar-refractivity contribution in [1.29, 1.82) is 0 Å². The number of anilines is 2. The molecule has 0 saturated heterocycles. The van der Waals surface area contributed by atoms with Gasteiger partial charge in [0.25, 0.3) is 5.91 Å². The van der Waals surface area contributed by atoms with Crippen molar-refractivity contribution in [3.63, 3.8) is 0 Å². The van der Waals surface area contributed by atoms with Crippen LogP contribution in [0.5, 0.6) is 11.5 Å². The number of carbonyl (C=O) groups excluding carboxylic acids is 2. The van der Waals surface area contributed by atoms with Crippen LogP contribution in [-0.2, 0) is 9.59 Å². The maximum Gasteiger partial charge on any atom is 0.267 e. The lowest BCUT2D eigenvalue weighted by Gasteiger charge is -2.33. The molecule has 154 valence electrons. The summed E-state index contributed by atoms with van der Waals surface area (Å²) in [6, 6.07) is 13.2. The van der Waals surface area contributed by atoms with Gasteiger partial charge in [-0.1, -0.05) is 31.5 Å². The number of aryl methyl sites for hydroxylation is 1. The lowest BCUT2D eigenvalue weighted by Crippen LogP contribution is -2.46. The third kappa shape index (κ3) is 5.28. The summed E-state index contributed by atoms with van der Waals surface area (Å²) >= 11 is 0. The van der Waals surface area contributed by atoms with Gasteiger partial charge in [-0.3, -0.25) is 9.59 Å². The maximum atomic E-state index is 12.6. The van der Waals surface area contributed by atoms with Crippen LogP contribution in [-0.4, -0.2) is 31.1 Å². The maximum absolute atomic E-state index is 12.6. The number of benzene rings is 2. The highest BCUT2D eigenvalue weighted by molar-refractivity contribution is 6.00. The first kappa shape index (κ1) is 20.7. The zero-order valence-electron chi connectivity index (χ0n) is 17.4. The number of ether oxygens (including phenoxy) is 2. The van der Waals surface area contributed by atoms with Gasteiger partial charge in [0, 0.05) is 18.2 Å². The van der Waals surface area contributed by atoms with E-state index in [4.69, 9.17) is 9.47 Å². The molecule has 0 aliphatic carbocycles. The van der Waals surface area contributed by atoms with E-state index in [1.165, 1.54) is 5.56 Å². The highest BCUT2D eigenvalue weighted by atomic mass is 16.5. The molecular formula is C23H28N2O4. The van der Waals surface area contributed by atoms with Crippen LogP contribution < -0.4 is 19.7 Å². The molecule has 6 nitrogen and oxygen atoms in total. The zero-order valence-corrected chi connectivity index (χ0v) is 17.4. The van der Waals surface area contributed by atoms with Gasteiger partial charge in [-0.05, 0) is 44.0 Å². The molecule has 1 atom stereocenters. The molecule has 2 aromatic carbocycles. The molecule has 2 amide bonds. The Hall–Kier alpha value is -3.02. The molecular weight excluding hydrogens is 368 g/mol. The van der Waals surface area contributed by atoms with Gasteiger partial charge in [-0.25, -0.2) is 0 Å². The molecule has 1 heterocycles. The minimum atomic E-state index is -0.594. The number of carbonyl (C=O) groups is 2. The summed E-state index contributed by atoms with van der Waals surface area (Å²) in [5, 5.41) is 2.89. The highest BCUT2D eigenvalue weighted by Crippen LogP contribution is 2.36. The average molecular weight is 396 g/mol. The predicted molar refractivity (Wildman–Crippen MR) is 114 cm³/mol. The van der Waals surface area contributed by atoms with Gasteiger partial charge in [-0.2, -0.15) is 0 Å². The molecule has 0 radical (unpaired) electrons. The summed E-state index contributed by atoms with van der Waals surface area (Å²) < 4.78 is 11.6. The van der Waals surface area contributed by atoms with E-state index in [1.54, 1.807) is 30.0 Å². The first-order valence-electron chi connectivity index (χ1n) is 9.95.